The van der Waals surface area contributed by atoms with Crippen LogP contribution in [-0.2, 0) is 11.8 Å². The Morgan fingerprint density at radius 3 is 2.50 bits per heavy atom. The van der Waals surface area contributed by atoms with Crippen molar-refractivity contribution in [3.8, 4) is 40.2 Å². The van der Waals surface area contributed by atoms with Crippen LogP contribution in [0.1, 0.15) is 11.1 Å². The van der Waals surface area contributed by atoms with E-state index in [1.807, 2.05) is 37.6 Å². The van der Waals surface area contributed by atoms with Gasteiger partial charge in [-0.05, 0) is 18.2 Å². The quantitative estimate of drug-likeness (QED) is 0.184. The molecule has 1 amide bonds. The highest BCUT2D eigenvalue weighted by Crippen LogP contribution is 2.32. The van der Waals surface area contributed by atoms with E-state index in [1.54, 1.807) is 32.7 Å². The van der Waals surface area contributed by atoms with Crippen LogP contribution in [0.5, 0.6) is 0 Å². The molecule has 6 rings (SSSR count). The van der Waals surface area contributed by atoms with Crippen LogP contribution >= 0.6 is 0 Å². The van der Waals surface area contributed by atoms with Crippen molar-refractivity contribution in [1.29, 1.82) is 5.26 Å². The van der Waals surface area contributed by atoms with Crippen molar-refractivity contribution in [3.05, 3.63) is 88.9 Å². The maximum Gasteiger partial charge on any atom is 0.298 e. The van der Waals surface area contributed by atoms with Crippen molar-refractivity contribution in [2.45, 2.75) is 0 Å². The molecular weight excluding hydrogens is 536 g/mol. The third kappa shape index (κ3) is 5.10. The van der Waals surface area contributed by atoms with Gasteiger partial charge in [-0.15, -0.1) is 0 Å². The normalized spacial score (nSPS) is 13.0. The van der Waals surface area contributed by atoms with E-state index in [1.165, 1.54) is 12.3 Å². The number of hydrogen-bond donors (Lipinski definition) is 0. The fourth-order valence-corrected chi connectivity index (χ4v) is 4.82. The van der Waals surface area contributed by atoms with Crippen LogP contribution in [0.25, 0.3) is 27.8 Å². The first-order valence-electron chi connectivity index (χ1n) is 12.9. The Bertz CT molecular complexity index is 1930. The van der Waals surface area contributed by atoms with Gasteiger partial charge in [0.05, 0.1) is 34.0 Å². The van der Waals surface area contributed by atoms with Gasteiger partial charge >= 0.3 is 0 Å². The molecule has 0 bridgehead atoms. The van der Waals surface area contributed by atoms with Gasteiger partial charge in [-0.25, -0.2) is 9.50 Å². The number of piperazine rings is 1. The number of anilines is 1. The summed E-state index contributed by atoms with van der Waals surface area (Å²) in [4.78, 5) is 35.2. The molecule has 0 unspecified atom stereocenters. The molecule has 1 saturated heterocycles. The zero-order valence-electron chi connectivity index (χ0n) is 22.4. The van der Waals surface area contributed by atoms with Crippen molar-refractivity contribution in [2.24, 2.45) is 7.05 Å². The molecule has 1 aliphatic rings. The van der Waals surface area contributed by atoms with Gasteiger partial charge in [0.25, 0.3) is 11.6 Å². The van der Waals surface area contributed by atoms with E-state index in [0.717, 1.165) is 34.3 Å². The highest BCUT2D eigenvalue weighted by atomic mass is 16.6. The van der Waals surface area contributed by atoms with E-state index in [2.05, 4.69) is 38.0 Å². The van der Waals surface area contributed by atoms with E-state index in [4.69, 9.17) is 4.98 Å². The number of amides is 1. The minimum Gasteiger partial charge on any atom is -0.353 e. The second-order valence-electron chi connectivity index (χ2n) is 9.63. The number of nitrogens with zero attached hydrogens (tertiary/aromatic N) is 10. The van der Waals surface area contributed by atoms with Gasteiger partial charge in [0, 0.05) is 92.3 Å². The lowest BCUT2D eigenvalue weighted by atomic mass is 10.0. The predicted molar refractivity (Wildman–Crippen MR) is 152 cm³/mol. The molecule has 0 aromatic carbocycles. The van der Waals surface area contributed by atoms with Gasteiger partial charge in [0.1, 0.15) is 18.1 Å². The zero-order chi connectivity index (χ0) is 29.2. The first-order valence-corrected chi connectivity index (χ1v) is 12.9. The van der Waals surface area contributed by atoms with E-state index >= 15 is 0 Å². The molecule has 0 spiro atoms. The highest BCUT2D eigenvalue weighted by Gasteiger charge is 2.21. The van der Waals surface area contributed by atoms with Gasteiger partial charge in [-0.1, -0.05) is 5.92 Å². The SMILES string of the molecule is Cn1cc(-c2cc(-c3ccc(N4CCN(C(=O)C#Cc5cncc([N+](=O)[O-])c5)CC4)nc3)c3c(C#N)cnn3c2)cn1. The number of aryl methyl sites for hydroxylation is 1. The molecule has 5 aromatic rings. The summed E-state index contributed by atoms with van der Waals surface area (Å²) in [7, 11) is 1.86. The van der Waals surface area contributed by atoms with Crippen molar-refractivity contribution >= 4 is 22.9 Å². The molecule has 1 fully saturated rings. The monoisotopic (exact) mass is 558 g/mol. The molecule has 0 N–H and O–H groups in total. The number of aromatic nitrogens is 6. The molecule has 13 heteroatoms. The smallest absolute Gasteiger partial charge is 0.298 e. The summed E-state index contributed by atoms with van der Waals surface area (Å²) in [5.74, 6) is 5.65. The average Bonchev–Trinajstić information content (AvgIpc) is 3.65. The largest absolute Gasteiger partial charge is 0.353 e. The van der Waals surface area contributed by atoms with Crippen LogP contribution in [-0.4, -0.2) is 71.3 Å². The second kappa shape index (κ2) is 10.8. The summed E-state index contributed by atoms with van der Waals surface area (Å²) in [6.45, 7) is 2.05. The standard InChI is InChI=1S/C29H22N10O3/c1-35-18-24(16-33-35)22-11-26(29-23(12-30)15-34-38(29)19-22)21-3-4-27(32-14-21)36-6-8-37(9-7-36)28(40)5-2-20-10-25(39(41)42)17-31-13-20/h3-4,10-11,13-19H,6-9H2,1H3. The number of fused-ring (bicyclic) bond motifs is 1. The Morgan fingerprint density at radius 2 is 1.81 bits per heavy atom. The molecule has 0 aliphatic carbocycles. The third-order valence-electron chi connectivity index (χ3n) is 6.97. The fraction of sp³-hybridized carbons (Fsp3) is 0.172. The van der Waals surface area contributed by atoms with Gasteiger partial charge in [-0.3, -0.25) is 24.6 Å². The highest BCUT2D eigenvalue weighted by molar-refractivity contribution is 5.94. The maximum absolute atomic E-state index is 12.6. The molecule has 1 aliphatic heterocycles. The van der Waals surface area contributed by atoms with Crippen molar-refractivity contribution < 1.29 is 9.72 Å². The van der Waals surface area contributed by atoms with Gasteiger partial charge in [0.15, 0.2) is 0 Å². The molecule has 6 heterocycles. The third-order valence-corrected chi connectivity index (χ3v) is 6.97. The number of carbonyl (C=O) groups is 1. The Hall–Kier alpha value is -6.08. The first kappa shape index (κ1) is 26.2. The molecule has 5 aromatic heterocycles. The molecule has 0 radical (unpaired) electrons. The fourth-order valence-electron chi connectivity index (χ4n) is 4.82. The Balaban J connectivity index is 1.18. The summed E-state index contributed by atoms with van der Waals surface area (Å²) < 4.78 is 3.44. The topological polar surface area (TPSA) is 151 Å². The van der Waals surface area contributed by atoms with E-state index < -0.39 is 4.92 Å². The number of nitro groups is 1. The van der Waals surface area contributed by atoms with Crippen LogP contribution in [0, 0.1) is 33.3 Å². The van der Waals surface area contributed by atoms with Gasteiger partial charge in [-0.2, -0.15) is 15.5 Å². The lowest BCUT2D eigenvalue weighted by Gasteiger charge is -2.34. The maximum atomic E-state index is 12.6. The first-order chi connectivity index (χ1) is 20.4. The minimum atomic E-state index is -0.554. The van der Waals surface area contributed by atoms with Crippen LogP contribution in [0.15, 0.2) is 67.6 Å². The number of pyridine rings is 3. The van der Waals surface area contributed by atoms with Gasteiger partial charge < -0.3 is 9.80 Å². The van der Waals surface area contributed by atoms with Gasteiger partial charge in [0.2, 0.25) is 0 Å². The Kier molecular flexibility index (Phi) is 6.74. The Morgan fingerprint density at radius 1 is 0.976 bits per heavy atom. The van der Waals surface area contributed by atoms with Crippen LogP contribution in [0.2, 0.25) is 0 Å². The van der Waals surface area contributed by atoms with Crippen LogP contribution in [0.3, 0.4) is 0 Å². The lowest BCUT2D eigenvalue weighted by molar-refractivity contribution is -0.385. The van der Waals surface area contributed by atoms with Crippen molar-refractivity contribution in [1.82, 2.24) is 34.3 Å². The molecule has 13 nitrogen and oxygen atoms in total. The minimum absolute atomic E-state index is 0.178. The lowest BCUT2D eigenvalue weighted by Crippen LogP contribution is -2.48. The summed E-state index contributed by atoms with van der Waals surface area (Å²) in [5.41, 5.74) is 4.81. The second-order valence-corrected chi connectivity index (χ2v) is 9.63. The molecule has 42 heavy (non-hydrogen) atoms. The number of carbonyl (C=O) groups excluding carboxylic acids is 1. The van der Waals surface area contributed by atoms with E-state index in [0.29, 0.717) is 42.8 Å². The molecule has 0 saturated carbocycles. The average molecular weight is 559 g/mol. The van der Waals surface area contributed by atoms with Crippen molar-refractivity contribution in [2.75, 3.05) is 31.1 Å². The summed E-state index contributed by atoms with van der Waals surface area (Å²) >= 11 is 0. The summed E-state index contributed by atoms with van der Waals surface area (Å²) in [6.07, 6.45) is 11.4. The zero-order valence-corrected chi connectivity index (χ0v) is 22.4. The Labute approximate surface area is 239 Å². The summed E-state index contributed by atoms with van der Waals surface area (Å²) in [5, 5.41) is 29.3. The number of rotatable bonds is 4. The van der Waals surface area contributed by atoms with E-state index in [-0.39, 0.29) is 11.6 Å². The van der Waals surface area contributed by atoms with E-state index in [9.17, 15) is 20.2 Å². The van der Waals surface area contributed by atoms with Crippen LogP contribution < -0.4 is 4.90 Å². The summed E-state index contributed by atoms with van der Waals surface area (Å²) in [6, 6.07) is 9.42. The molecular formula is C29H22N10O3. The molecule has 206 valence electrons. The van der Waals surface area contributed by atoms with Crippen LogP contribution in [0.4, 0.5) is 11.5 Å². The number of hydrogen-bond acceptors (Lipinski definition) is 9. The van der Waals surface area contributed by atoms with Crippen molar-refractivity contribution in [3.63, 3.8) is 0 Å². The number of nitriles is 1. The predicted octanol–water partition coefficient (Wildman–Crippen LogP) is 2.67. The molecule has 0 atom stereocenters.